The number of hydrogen-bond acceptors (Lipinski definition) is 1. The maximum absolute atomic E-state index is 12.1. The Balaban J connectivity index is 1.83. The topological polar surface area (TPSA) is 34.0 Å². The molecule has 1 aromatic carbocycles. The Kier molecular flexibility index (Phi) is 5.01. The molecule has 1 atom stereocenters. The number of carbonyl (C=O) groups is 1. The third-order valence-corrected chi connectivity index (χ3v) is 3.86. The molecule has 0 radical (unpaired) electrons. The van der Waals surface area contributed by atoms with Crippen molar-refractivity contribution in [3.63, 3.8) is 0 Å². The quantitative estimate of drug-likeness (QED) is 0.891. The first-order valence-electron chi connectivity index (χ1n) is 6.73. The van der Waals surface area contributed by atoms with Crippen LogP contribution in [0.1, 0.15) is 29.4 Å². The van der Waals surface area contributed by atoms with Gasteiger partial charge in [0, 0.05) is 23.8 Å². The first-order chi connectivity index (χ1) is 9.56. The summed E-state index contributed by atoms with van der Waals surface area (Å²) in [6, 6.07) is 12.2. The normalized spacial score (nSPS) is 12.2. The van der Waals surface area contributed by atoms with Gasteiger partial charge in [-0.05, 0) is 49.6 Å². The van der Waals surface area contributed by atoms with E-state index in [1.54, 1.807) is 0 Å². The van der Waals surface area contributed by atoms with Gasteiger partial charge < -0.3 is 9.88 Å². The second-order valence-corrected chi connectivity index (χ2v) is 5.96. The monoisotopic (exact) mass is 334 g/mol. The number of hydrogen-bond donors (Lipinski definition) is 1. The van der Waals surface area contributed by atoms with Crippen LogP contribution in [0.3, 0.4) is 0 Å². The number of amides is 1. The molecule has 0 aliphatic carbocycles. The van der Waals surface area contributed by atoms with Crippen molar-refractivity contribution < 1.29 is 4.79 Å². The Hall–Kier alpha value is -1.55. The second kappa shape index (κ2) is 6.75. The molecule has 0 spiro atoms. The summed E-state index contributed by atoms with van der Waals surface area (Å²) in [5, 5.41) is 3.04. The molecule has 20 heavy (non-hydrogen) atoms. The number of halogens is 1. The lowest BCUT2D eigenvalue weighted by Crippen LogP contribution is -2.33. The minimum Gasteiger partial charge on any atom is -0.348 e. The van der Waals surface area contributed by atoms with E-state index in [0.29, 0.717) is 5.69 Å². The highest BCUT2D eigenvalue weighted by Crippen LogP contribution is 2.12. The molecule has 0 aliphatic heterocycles. The van der Waals surface area contributed by atoms with Crippen molar-refractivity contribution in [3.05, 3.63) is 58.3 Å². The molecule has 0 fully saturated rings. The summed E-state index contributed by atoms with van der Waals surface area (Å²) < 4.78 is 2.92. The Morgan fingerprint density at radius 1 is 1.30 bits per heavy atom. The van der Waals surface area contributed by atoms with Crippen molar-refractivity contribution in [2.24, 2.45) is 7.05 Å². The molecule has 106 valence electrons. The zero-order valence-electron chi connectivity index (χ0n) is 11.8. The van der Waals surface area contributed by atoms with E-state index in [1.165, 1.54) is 5.56 Å². The highest BCUT2D eigenvalue weighted by molar-refractivity contribution is 9.10. The predicted octanol–water partition coefficient (Wildman–Crippen LogP) is 3.54. The van der Waals surface area contributed by atoms with E-state index >= 15 is 0 Å². The number of nitrogens with one attached hydrogen (secondary N) is 1. The number of aryl methyl sites for hydroxylation is 2. The molecule has 1 heterocycles. The lowest BCUT2D eigenvalue weighted by molar-refractivity contribution is 0.0930. The summed E-state index contributed by atoms with van der Waals surface area (Å²) >= 11 is 3.43. The van der Waals surface area contributed by atoms with Crippen LogP contribution >= 0.6 is 15.9 Å². The van der Waals surface area contributed by atoms with Gasteiger partial charge in [0.05, 0.1) is 0 Å². The maximum Gasteiger partial charge on any atom is 0.268 e. The molecule has 1 unspecified atom stereocenters. The summed E-state index contributed by atoms with van der Waals surface area (Å²) in [7, 11) is 1.88. The summed E-state index contributed by atoms with van der Waals surface area (Å²) in [5.41, 5.74) is 1.98. The van der Waals surface area contributed by atoms with E-state index < -0.39 is 0 Å². The Morgan fingerprint density at radius 2 is 2.00 bits per heavy atom. The molecular weight excluding hydrogens is 316 g/mol. The van der Waals surface area contributed by atoms with Crippen LogP contribution in [-0.2, 0) is 13.5 Å². The van der Waals surface area contributed by atoms with E-state index in [-0.39, 0.29) is 11.9 Å². The first-order valence-corrected chi connectivity index (χ1v) is 7.52. The smallest absolute Gasteiger partial charge is 0.268 e. The van der Waals surface area contributed by atoms with Crippen molar-refractivity contribution in [2.45, 2.75) is 25.8 Å². The van der Waals surface area contributed by atoms with Crippen LogP contribution in [0.15, 0.2) is 47.1 Å². The van der Waals surface area contributed by atoms with E-state index in [1.807, 2.05) is 49.0 Å². The minimum absolute atomic E-state index is 0.0131. The van der Waals surface area contributed by atoms with Crippen LogP contribution in [0, 0.1) is 0 Å². The average Bonchev–Trinajstić information content (AvgIpc) is 2.84. The van der Waals surface area contributed by atoms with Gasteiger partial charge >= 0.3 is 0 Å². The summed E-state index contributed by atoms with van der Waals surface area (Å²) in [6.45, 7) is 2.04. The van der Waals surface area contributed by atoms with Crippen LogP contribution in [0.25, 0.3) is 0 Å². The van der Waals surface area contributed by atoms with Crippen molar-refractivity contribution in [2.75, 3.05) is 0 Å². The summed E-state index contributed by atoms with van der Waals surface area (Å²) in [6.07, 6.45) is 3.76. The molecule has 2 aromatic rings. The van der Waals surface area contributed by atoms with Gasteiger partial charge in [0.15, 0.2) is 0 Å². The second-order valence-electron chi connectivity index (χ2n) is 5.04. The van der Waals surface area contributed by atoms with Gasteiger partial charge in [-0.3, -0.25) is 4.79 Å². The molecule has 2 rings (SSSR count). The molecule has 0 saturated carbocycles. The lowest BCUT2D eigenvalue weighted by Gasteiger charge is -2.14. The van der Waals surface area contributed by atoms with Gasteiger partial charge in [-0.25, -0.2) is 0 Å². The van der Waals surface area contributed by atoms with E-state index in [0.717, 1.165) is 17.3 Å². The molecule has 3 nitrogen and oxygen atoms in total. The average molecular weight is 335 g/mol. The fraction of sp³-hybridized carbons (Fsp3) is 0.312. The fourth-order valence-corrected chi connectivity index (χ4v) is 2.37. The molecule has 1 amide bonds. The summed E-state index contributed by atoms with van der Waals surface area (Å²) in [4.78, 5) is 12.1. The molecule has 0 aliphatic rings. The maximum atomic E-state index is 12.1. The SMILES string of the molecule is CC(CCc1ccc(Br)cc1)NC(=O)c1cccn1C. The number of aromatic nitrogens is 1. The van der Waals surface area contributed by atoms with E-state index in [2.05, 4.69) is 33.4 Å². The summed E-state index contributed by atoms with van der Waals surface area (Å²) in [5.74, 6) is -0.0131. The molecule has 1 aromatic heterocycles. The molecule has 1 N–H and O–H groups in total. The van der Waals surface area contributed by atoms with Crippen LogP contribution in [0.2, 0.25) is 0 Å². The number of carbonyl (C=O) groups excluding carboxylic acids is 1. The molecular formula is C16H19BrN2O. The van der Waals surface area contributed by atoms with Gasteiger partial charge in [0.1, 0.15) is 5.69 Å². The fourth-order valence-electron chi connectivity index (χ4n) is 2.10. The zero-order chi connectivity index (χ0) is 14.5. The first kappa shape index (κ1) is 14.9. The van der Waals surface area contributed by atoms with Crippen LogP contribution in [0.4, 0.5) is 0 Å². The molecule has 4 heteroatoms. The number of rotatable bonds is 5. The highest BCUT2D eigenvalue weighted by Gasteiger charge is 2.11. The van der Waals surface area contributed by atoms with Crippen molar-refractivity contribution in [1.82, 2.24) is 9.88 Å². The molecule has 0 bridgehead atoms. The van der Waals surface area contributed by atoms with E-state index in [4.69, 9.17) is 0 Å². The van der Waals surface area contributed by atoms with Crippen molar-refractivity contribution in [1.29, 1.82) is 0 Å². The van der Waals surface area contributed by atoms with Crippen molar-refractivity contribution >= 4 is 21.8 Å². The number of nitrogens with zero attached hydrogens (tertiary/aromatic N) is 1. The third-order valence-electron chi connectivity index (χ3n) is 3.33. The Bertz CT molecular complexity index is 574. The van der Waals surface area contributed by atoms with Crippen LogP contribution in [0.5, 0.6) is 0 Å². The minimum atomic E-state index is -0.0131. The Morgan fingerprint density at radius 3 is 2.60 bits per heavy atom. The van der Waals surface area contributed by atoms with Gasteiger partial charge in [-0.15, -0.1) is 0 Å². The predicted molar refractivity (Wildman–Crippen MR) is 84.8 cm³/mol. The van der Waals surface area contributed by atoms with E-state index in [9.17, 15) is 4.79 Å². The molecule has 0 saturated heterocycles. The van der Waals surface area contributed by atoms with Gasteiger partial charge in [0.25, 0.3) is 5.91 Å². The van der Waals surface area contributed by atoms with Gasteiger partial charge in [0.2, 0.25) is 0 Å². The van der Waals surface area contributed by atoms with Gasteiger partial charge in [-0.1, -0.05) is 28.1 Å². The zero-order valence-corrected chi connectivity index (χ0v) is 13.4. The number of benzene rings is 1. The Labute approximate surface area is 128 Å². The standard InChI is InChI=1S/C16H19BrN2O/c1-12(5-6-13-7-9-14(17)10-8-13)18-16(20)15-4-3-11-19(15)2/h3-4,7-12H,5-6H2,1-2H3,(H,18,20). The lowest BCUT2D eigenvalue weighted by atomic mass is 10.1. The van der Waals surface area contributed by atoms with Gasteiger partial charge in [-0.2, -0.15) is 0 Å². The van der Waals surface area contributed by atoms with Crippen LogP contribution in [-0.4, -0.2) is 16.5 Å². The largest absolute Gasteiger partial charge is 0.348 e. The third kappa shape index (κ3) is 3.97. The van der Waals surface area contributed by atoms with Crippen LogP contribution < -0.4 is 5.32 Å². The van der Waals surface area contributed by atoms with Crippen molar-refractivity contribution in [3.8, 4) is 0 Å². The highest BCUT2D eigenvalue weighted by atomic mass is 79.9.